The van der Waals surface area contributed by atoms with Crippen LogP contribution in [0.4, 0.5) is 13.2 Å². The molecule has 0 aliphatic heterocycles. The van der Waals surface area contributed by atoms with Crippen LogP contribution < -0.4 is 5.62 Å². The summed E-state index contributed by atoms with van der Waals surface area (Å²) in [6.45, 7) is 1.33. The Bertz CT molecular complexity index is 1030. The number of imidazole rings is 1. The molecule has 0 fully saturated rings. The summed E-state index contributed by atoms with van der Waals surface area (Å²) in [7, 11) is 1.71. The van der Waals surface area contributed by atoms with E-state index in [0.717, 1.165) is 17.6 Å². The highest BCUT2D eigenvalue weighted by molar-refractivity contribution is 5.97. The number of aryl methyl sites for hydroxylation is 2. The summed E-state index contributed by atoms with van der Waals surface area (Å²) in [5.74, 6) is -0.468. The molecule has 3 aromatic rings. The van der Waals surface area contributed by atoms with Gasteiger partial charge in [-0.15, -0.1) is 0 Å². The zero-order valence-corrected chi connectivity index (χ0v) is 13.7. The van der Waals surface area contributed by atoms with Crippen LogP contribution in [0.3, 0.4) is 0 Å². The highest BCUT2D eigenvalue weighted by Gasteiger charge is 2.31. The van der Waals surface area contributed by atoms with E-state index in [1.54, 1.807) is 23.7 Å². The number of carbonyl (C=O) groups excluding carboxylic acids is 1. The fourth-order valence-corrected chi connectivity index (χ4v) is 2.89. The summed E-state index contributed by atoms with van der Waals surface area (Å²) < 4.78 is 42.0. The Labute approximate surface area is 141 Å². The minimum atomic E-state index is -4.51. The molecule has 0 spiro atoms. The van der Waals surface area contributed by atoms with Gasteiger partial charge in [0.2, 0.25) is 5.62 Å². The number of para-hydroxylation sites is 2. The highest BCUT2D eigenvalue weighted by atomic mass is 19.4. The fraction of sp³-hybridized carbons (Fsp3) is 0.222. The van der Waals surface area contributed by atoms with E-state index in [1.165, 1.54) is 17.6 Å². The van der Waals surface area contributed by atoms with Crippen LogP contribution in [0, 0.1) is 12.3 Å². The second kappa shape index (κ2) is 5.91. The Balaban J connectivity index is 2.03. The molecular formula is C18H16F3N3O. The SMILES string of the molecule is Cc1cc(C(=O)Cn2c(=N)n(C)c3ccccc32)cc(C(F)(F)F)c1. The molecule has 0 aliphatic rings. The number of halogens is 3. The molecule has 0 radical (unpaired) electrons. The van der Waals surface area contributed by atoms with Crippen molar-refractivity contribution in [3.63, 3.8) is 0 Å². The van der Waals surface area contributed by atoms with Gasteiger partial charge in [-0.3, -0.25) is 10.2 Å². The van der Waals surface area contributed by atoms with Gasteiger partial charge in [-0.25, -0.2) is 0 Å². The lowest BCUT2D eigenvalue weighted by atomic mass is 10.0. The highest BCUT2D eigenvalue weighted by Crippen LogP contribution is 2.30. The van der Waals surface area contributed by atoms with E-state index in [9.17, 15) is 18.0 Å². The van der Waals surface area contributed by atoms with Crippen LogP contribution >= 0.6 is 0 Å². The second-order valence-corrected chi connectivity index (χ2v) is 5.97. The van der Waals surface area contributed by atoms with Crippen molar-refractivity contribution < 1.29 is 18.0 Å². The molecule has 1 aromatic heterocycles. The molecule has 25 heavy (non-hydrogen) atoms. The van der Waals surface area contributed by atoms with Crippen molar-refractivity contribution in [2.45, 2.75) is 19.6 Å². The molecule has 4 nitrogen and oxygen atoms in total. The molecular weight excluding hydrogens is 331 g/mol. The predicted molar refractivity (Wildman–Crippen MR) is 87.3 cm³/mol. The third kappa shape index (κ3) is 3.09. The number of alkyl halides is 3. The largest absolute Gasteiger partial charge is 0.416 e. The van der Waals surface area contributed by atoms with Crippen LogP contribution in [-0.4, -0.2) is 14.9 Å². The number of hydrogen-bond donors (Lipinski definition) is 1. The number of fused-ring (bicyclic) bond motifs is 1. The lowest BCUT2D eigenvalue weighted by Gasteiger charge is -2.10. The van der Waals surface area contributed by atoms with Crippen molar-refractivity contribution >= 4 is 16.8 Å². The van der Waals surface area contributed by atoms with Gasteiger partial charge >= 0.3 is 6.18 Å². The van der Waals surface area contributed by atoms with Crippen LogP contribution in [0.25, 0.3) is 11.0 Å². The maximum Gasteiger partial charge on any atom is 0.416 e. The number of ketones is 1. The molecule has 130 valence electrons. The Hall–Kier alpha value is -2.83. The summed E-state index contributed by atoms with van der Waals surface area (Å²) in [5.41, 5.74) is 1.09. The minimum absolute atomic E-state index is 0.00726. The number of rotatable bonds is 3. The van der Waals surface area contributed by atoms with Crippen molar-refractivity contribution in [1.29, 1.82) is 5.41 Å². The summed E-state index contributed by atoms with van der Waals surface area (Å²) in [6, 6.07) is 10.5. The molecule has 7 heteroatoms. The molecule has 0 saturated carbocycles. The Kier molecular flexibility index (Phi) is 4.02. The first-order valence-electron chi connectivity index (χ1n) is 7.59. The smallest absolute Gasteiger partial charge is 0.313 e. The summed E-state index contributed by atoms with van der Waals surface area (Å²) in [5, 5.41) is 8.16. The number of hydrogen-bond acceptors (Lipinski definition) is 2. The first-order valence-corrected chi connectivity index (χ1v) is 7.59. The summed E-state index contributed by atoms with van der Waals surface area (Å²) >= 11 is 0. The zero-order valence-electron chi connectivity index (χ0n) is 13.7. The lowest BCUT2D eigenvalue weighted by molar-refractivity contribution is -0.137. The van der Waals surface area contributed by atoms with Crippen molar-refractivity contribution in [2.75, 3.05) is 0 Å². The van der Waals surface area contributed by atoms with Gasteiger partial charge in [-0.1, -0.05) is 12.1 Å². The summed E-state index contributed by atoms with van der Waals surface area (Å²) in [4.78, 5) is 12.6. The van der Waals surface area contributed by atoms with Crippen LogP contribution in [0.15, 0.2) is 42.5 Å². The molecule has 0 aliphatic carbocycles. The van der Waals surface area contributed by atoms with E-state index in [4.69, 9.17) is 5.41 Å². The van der Waals surface area contributed by atoms with Gasteiger partial charge in [-0.2, -0.15) is 13.2 Å². The molecule has 2 aromatic carbocycles. The molecule has 0 saturated heterocycles. The Morgan fingerprint density at radius 3 is 2.40 bits per heavy atom. The number of carbonyl (C=O) groups is 1. The molecule has 1 N–H and O–H groups in total. The monoisotopic (exact) mass is 347 g/mol. The van der Waals surface area contributed by atoms with E-state index in [-0.39, 0.29) is 17.7 Å². The van der Waals surface area contributed by atoms with Crippen LogP contribution in [0.2, 0.25) is 0 Å². The van der Waals surface area contributed by atoms with Gasteiger partial charge < -0.3 is 9.13 Å². The molecule has 0 atom stereocenters. The van der Waals surface area contributed by atoms with E-state index >= 15 is 0 Å². The minimum Gasteiger partial charge on any atom is -0.313 e. The third-order valence-corrected chi connectivity index (χ3v) is 4.14. The van der Waals surface area contributed by atoms with Gasteiger partial charge in [0.1, 0.15) is 0 Å². The van der Waals surface area contributed by atoms with E-state index < -0.39 is 17.5 Å². The number of aromatic nitrogens is 2. The number of nitrogens with one attached hydrogen (secondary N) is 1. The quantitative estimate of drug-likeness (QED) is 0.722. The normalized spacial score (nSPS) is 11.9. The van der Waals surface area contributed by atoms with Crippen molar-refractivity contribution in [2.24, 2.45) is 7.05 Å². The van der Waals surface area contributed by atoms with E-state index in [2.05, 4.69) is 0 Å². The maximum atomic E-state index is 13.0. The molecule has 0 amide bonds. The zero-order chi connectivity index (χ0) is 18.4. The van der Waals surface area contributed by atoms with Crippen LogP contribution in [0.1, 0.15) is 21.5 Å². The predicted octanol–water partition coefficient (Wildman–Crippen LogP) is 3.67. The number of benzene rings is 2. The molecule has 3 rings (SSSR count). The summed E-state index contributed by atoms with van der Waals surface area (Å²) in [6.07, 6.45) is -4.51. The van der Waals surface area contributed by atoms with E-state index in [1.807, 2.05) is 12.1 Å². The lowest BCUT2D eigenvalue weighted by Crippen LogP contribution is -2.26. The molecule has 0 unspecified atom stereocenters. The standard InChI is InChI=1S/C18H16F3N3O/c1-11-7-12(9-13(8-11)18(19,20)21)16(25)10-24-15-6-4-3-5-14(15)23(2)17(24)22/h3-9,22H,10H2,1-2H3. The first-order chi connectivity index (χ1) is 11.7. The molecule has 1 heterocycles. The van der Waals surface area contributed by atoms with Gasteiger partial charge in [0.15, 0.2) is 5.78 Å². The average molecular weight is 347 g/mol. The van der Waals surface area contributed by atoms with Gasteiger partial charge in [0.05, 0.1) is 23.1 Å². The average Bonchev–Trinajstić information content (AvgIpc) is 2.79. The first kappa shape index (κ1) is 17.0. The Morgan fingerprint density at radius 2 is 1.76 bits per heavy atom. The second-order valence-electron chi connectivity index (χ2n) is 5.97. The maximum absolute atomic E-state index is 13.0. The van der Waals surface area contributed by atoms with Crippen molar-refractivity contribution in [3.05, 3.63) is 64.8 Å². The van der Waals surface area contributed by atoms with Crippen LogP contribution in [-0.2, 0) is 19.8 Å². The van der Waals surface area contributed by atoms with Gasteiger partial charge in [0, 0.05) is 12.6 Å². The number of Topliss-reactive ketones (excluding diaryl/α,β-unsaturated/α-hetero) is 1. The van der Waals surface area contributed by atoms with Gasteiger partial charge in [0.25, 0.3) is 0 Å². The van der Waals surface area contributed by atoms with Gasteiger partial charge in [-0.05, 0) is 42.8 Å². The Morgan fingerprint density at radius 1 is 1.12 bits per heavy atom. The van der Waals surface area contributed by atoms with Crippen molar-refractivity contribution in [1.82, 2.24) is 9.13 Å². The topological polar surface area (TPSA) is 50.8 Å². The molecule has 0 bridgehead atoms. The fourth-order valence-electron chi connectivity index (χ4n) is 2.89. The third-order valence-electron chi connectivity index (χ3n) is 4.14. The van der Waals surface area contributed by atoms with Crippen LogP contribution in [0.5, 0.6) is 0 Å². The van der Waals surface area contributed by atoms with E-state index in [0.29, 0.717) is 11.1 Å². The number of nitrogens with zero attached hydrogens (tertiary/aromatic N) is 2. The van der Waals surface area contributed by atoms with Crippen molar-refractivity contribution in [3.8, 4) is 0 Å².